The molecule has 1 atom stereocenters. The van der Waals surface area contributed by atoms with Gasteiger partial charge in [0.25, 0.3) is 5.56 Å². The molecule has 0 unspecified atom stereocenters. The van der Waals surface area contributed by atoms with Gasteiger partial charge in [-0.25, -0.2) is 18.8 Å². The first-order valence-corrected chi connectivity index (χ1v) is 12.2. The predicted octanol–water partition coefficient (Wildman–Crippen LogP) is 2.94. The fourth-order valence-electron chi connectivity index (χ4n) is 3.99. The molecule has 3 aromatic rings. The molecule has 0 aromatic carbocycles. The van der Waals surface area contributed by atoms with Gasteiger partial charge in [-0.2, -0.15) is 10.4 Å². The molecule has 0 aliphatic heterocycles. The van der Waals surface area contributed by atoms with Crippen LogP contribution in [-0.2, 0) is 26.4 Å². The molecule has 0 radical (unpaired) electrons. The van der Waals surface area contributed by atoms with Crippen LogP contribution in [-0.4, -0.2) is 49.8 Å². The van der Waals surface area contributed by atoms with Gasteiger partial charge in [0, 0.05) is 23.5 Å². The van der Waals surface area contributed by atoms with E-state index in [-0.39, 0.29) is 25.0 Å². The van der Waals surface area contributed by atoms with Gasteiger partial charge in [-0.05, 0) is 33.8 Å². The van der Waals surface area contributed by atoms with Crippen LogP contribution in [0.1, 0.15) is 32.8 Å². The number of aromatic nitrogens is 4. The number of rotatable bonds is 11. The topological polar surface area (TPSA) is 141 Å². The quantitative estimate of drug-likeness (QED) is 0.228. The number of aliphatic carboxylic acids is 1. The van der Waals surface area contributed by atoms with Gasteiger partial charge in [0.2, 0.25) is 0 Å². The Labute approximate surface area is 217 Å². The minimum absolute atomic E-state index is 0.0790. The maximum atomic E-state index is 13.8. The van der Waals surface area contributed by atoms with Gasteiger partial charge in [-0.3, -0.25) is 9.36 Å². The lowest BCUT2D eigenvalue weighted by Crippen LogP contribution is -2.53. The number of nitrogens with zero attached hydrogens (tertiary/aromatic N) is 5. The maximum Gasteiger partial charge on any atom is 0.333 e. The van der Waals surface area contributed by atoms with E-state index in [2.05, 4.69) is 11.7 Å². The predicted molar refractivity (Wildman–Crippen MR) is 139 cm³/mol. The van der Waals surface area contributed by atoms with Gasteiger partial charge in [0.15, 0.2) is 0 Å². The van der Waals surface area contributed by atoms with Crippen LogP contribution < -0.4 is 11.2 Å². The number of aryl methyl sites for hydroxylation is 1. The smallest absolute Gasteiger partial charge is 0.333 e. The Morgan fingerprint density at radius 2 is 2.11 bits per heavy atom. The van der Waals surface area contributed by atoms with Crippen molar-refractivity contribution in [1.82, 2.24) is 18.9 Å². The summed E-state index contributed by atoms with van der Waals surface area (Å²) in [6.07, 6.45) is 4.38. The summed E-state index contributed by atoms with van der Waals surface area (Å²) >= 11 is 1.19. The van der Waals surface area contributed by atoms with E-state index in [1.807, 2.05) is 6.07 Å². The van der Waals surface area contributed by atoms with Gasteiger partial charge in [0.1, 0.15) is 27.2 Å². The molecule has 0 saturated heterocycles. The number of allylic oxidation sites excluding steroid dienone is 1. The molecule has 196 valence electrons. The third-order valence-electron chi connectivity index (χ3n) is 6.09. The van der Waals surface area contributed by atoms with Crippen molar-refractivity contribution in [2.75, 3.05) is 13.7 Å². The largest absolute Gasteiger partial charge is 0.497 e. The molecule has 0 aliphatic rings. The summed E-state index contributed by atoms with van der Waals surface area (Å²) in [5, 5.41) is 24.0. The Balaban J connectivity index is 2.38. The highest BCUT2D eigenvalue weighted by atomic mass is 32.1. The van der Waals surface area contributed by atoms with Crippen LogP contribution in [0.4, 0.5) is 0 Å². The molecule has 0 aliphatic carbocycles. The number of thiophene rings is 1. The van der Waals surface area contributed by atoms with Crippen molar-refractivity contribution in [2.24, 2.45) is 0 Å². The molecule has 0 bridgehead atoms. The summed E-state index contributed by atoms with van der Waals surface area (Å²) in [4.78, 5) is 40.0. The summed E-state index contributed by atoms with van der Waals surface area (Å²) in [5.74, 6) is -1.02. The van der Waals surface area contributed by atoms with Crippen molar-refractivity contribution in [3.63, 3.8) is 0 Å². The number of carboxylic acid groups (broad SMARTS) is 1. The molecule has 1 N–H and O–H groups in total. The Hall–Kier alpha value is -3.95. The molecular formula is C25H29N5O6S. The van der Waals surface area contributed by atoms with Crippen molar-refractivity contribution < 1.29 is 19.4 Å². The summed E-state index contributed by atoms with van der Waals surface area (Å²) in [6, 6.07) is 3.75. The number of carbonyl (C=O) groups is 1. The minimum Gasteiger partial charge on any atom is -0.497 e. The van der Waals surface area contributed by atoms with E-state index in [1.165, 1.54) is 36.9 Å². The van der Waals surface area contributed by atoms with Crippen LogP contribution in [0, 0.1) is 18.3 Å². The standard InChI is InChI=1S/C25H29N5O6S/c1-7-17(16(3)35-6)18(36-13-8-10-26)14-28-22-19(15(2)21(37-22)29-12-9-11-27-29)20(31)30(24(28)34)25(4,5)23(32)33/h7,9,11-12,18H,3,8,13-14H2,1-2,4-6H3,(H,32,33)/b17-7+/t18-/m0/s1. The lowest BCUT2D eigenvalue weighted by Gasteiger charge is -2.26. The van der Waals surface area contributed by atoms with E-state index >= 15 is 0 Å². The Kier molecular flexibility index (Phi) is 8.20. The van der Waals surface area contributed by atoms with Gasteiger partial charge in [0.05, 0.1) is 38.1 Å². The number of fused-ring (bicyclic) bond motifs is 1. The van der Waals surface area contributed by atoms with Crippen LogP contribution in [0.25, 0.3) is 15.2 Å². The average Bonchev–Trinajstić information content (AvgIpc) is 3.49. The average molecular weight is 528 g/mol. The van der Waals surface area contributed by atoms with Crippen LogP contribution in [0.2, 0.25) is 0 Å². The number of methoxy groups -OCH3 is 1. The van der Waals surface area contributed by atoms with Gasteiger partial charge in [-0.1, -0.05) is 24.0 Å². The molecule has 0 amide bonds. The lowest BCUT2D eigenvalue weighted by molar-refractivity contribution is -0.146. The minimum atomic E-state index is -1.83. The molecular weight excluding hydrogens is 498 g/mol. The van der Waals surface area contributed by atoms with E-state index in [9.17, 15) is 19.5 Å². The first kappa shape index (κ1) is 27.6. The van der Waals surface area contributed by atoms with Crippen molar-refractivity contribution in [3.05, 3.63) is 68.8 Å². The second-order valence-corrected chi connectivity index (χ2v) is 9.68. The van der Waals surface area contributed by atoms with Crippen LogP contribution in [0.15, 0.2) is 52.0 Å². The van der Waals surface area contributed by atoms with E-state index in [1.54, 1.807) is 43.1 Å². The monoisotopic (exact) mass is 527 g/mol. The van der Waals surface area contributed by atoms with Crippen LogP contribution in [0.3, 0.4) is 0 Å². The van der Waals surface area contributed by atoms with E-state index in [0.29, 0.717) is 26.7 Å². The van der Waals surface area contributed by atoms with Crippen molar-refractivity contribution in [1.29, 1.82) is 5.26 Å². The molecule has 37 heavy (non-hydrogen) atoms. The summed E-state index contributed by atoms with van der Waals surface area (Å²) in [7, 11) is 1.46. The summed E-state index contributed by atoms with van der Waals surface area (Å²) in [5.41, 5.74) is -2.22. The number of carboxylic acids is 1. The molecule has 12 heteroatoms. The third kappa shape index (κ3) is 5.00. The zero-order chi connectivity index (χ0) is 27.5. The van der Waals surface area contributed by atoms with Crippen LogP contribution >= 0.6 is 11.3 Å². The highest BCUT2D eigenvalue weighted by Crippen LogP contribution is 2.32. The van der Waals surface area contributed by atoms with E-state index in [0.717, 1.165) is 4.57 Å². The normalized spacial score (nSPS) is 12.9. The molecule has 0 spiro atoms. The molecule has 3 heterocycles. The highest BCUT2D eigenvalue weighted by Gasteiger charge is 2.36. The Bertz CT molecular complexity index is 1520. The number of hydrogen-bond donors (Lipinski definition) is 1. The van der Waals surface area contributed by atoms with Crippen molar-refractivity contribution in [3.8, 4) is 11.1 Å². The number of nitriles is 1. The second kappa shape index (κ2) is 11.0. The number of ether oxygens (including phenoxy) is 2. The first-order valence-electron chi connectivity index (χ1n) is 11.4. The molecule has 3 aromatic heterocycles. The third-order valence-corrected chi connectivity index (χ3v) is 7.39. The first-order chi connectivity index (χ1) is 17.5. The zero-order valence-corrected chi connectivity index (χ0v) is 22.2. The van der Waals surface area contributed by atoms with Crippen LogP contribution in [0.5, 0.6) is 0 Å². The van der Waals surface area contributed by atoms with Gasteiger partial charge >= 0.3 is 11.7 Å². The molecule has 3 rings (SSSR count). The SMILES string of the molecule is C=C(OC)/C(=C\C)[C@H](Cn1c(=O)n(C(C)(C)C(=O)O)c(=O)c2c(C)c(-n3cccn3)sc21)OCCC#N. The van der Waals surface area contributed by atoms with Crippen molar-refractivity contribution in [2.45, 2.75) is 52.3 Å². The maximum absolute atomic E-state index is 13.8. The fraction of sp³-hybridized carbons (Fsp3) is 0.400. The number of hydrogen-bond acceptors (Lipinski definition) is 8. The molecule has 11 nitrogen and oxygen atoms in total. The Morgan fingerprint density at radius 1 is 1.41 bits per heavy atom. The highest BCUT2D eigenvalue weighted by molar-refractivity contribution is 7.21. The van der Waals surface area contributed by atoms with Gasteiger partial charge in [-0.15, -0.1) is 0 Å². The Morgan fingerprint density at radius 3 is 2.65 bits per heavy atom. The lowest BCUT2D eigenvalue weighted by atomic mass is 10.1. The van der Waals surface area contributed by atoms with Crippen molar-refractivity contribution >= 4 is 27.5 Å². The molecule has 0 saturated carbocycles. The van der Waals surface area contributed by atoms with Gasteiger partial charge < -0.3 is 14.6 Å². The van der Waals surface area contributed by atoms with E-state index < -0.39 is 28.9 Å². The zero-order valence-electron chi connectivity index (χ0n) is 21.3. The summed E-state index contributed by atoms with van der Waals surface area (Å²) < 4.78 is 15.0. The summed E-state index contributed by atoms with van der Waals surface area (Å²) in [6.45, 7) is 9.99. The van der Waals surface area contributed by atoms with E-state index in [4.69, 9.17) is 14.7 Å². The molecule has 0 fully saturated rings. The second-order valence-electron chi connectivity index (χ2n) is 8.70. The fourth-order valence-corrected chi connectivity index (χ4v) is 5.23.